The van der Waals surface area contributed by atoms with Crippen LogP contribution in [-0.2, 0) is 13.2 Å². The Morgan fingerprint density at radius 1 is 0.815 bits per heavy atom. The third-order valence-electron chi connectivity index (χ3n) is 4.35. The molecule has 0 unspecified atom stereocenters. The SMILES string of the molecule is S=c1[nH]nc(COc2ccccc2)n1Cc1ccc(-c2ccccc2)cc1. The molecule has 4 nitrogen and oxygen atoms in total. The molecule has 0 aliphatic rings. The zero-order chi connectivity index (χ0) is 18.5. The van der Waals surface area contributed by atoms with Gasteiger partial charge < -0.3 is 4.74 Å². The molecular formula is C22H19N3OS. The summed E-state index contributed by atoms with van der Waals surface area (Å²) < 4.78 is 8.37. The number of ether oxygens (including phenoxy) is 1. The van der Waals surface area contributed by atoms with Crippen LogP contribution in [0.3, 0.4) is 0 Å². The first-order valence-corrected chi connectivity index (χ1v) is 9.17. The van der Waals surface area contributed by atoms with Gasteiger partial charge in [0, 0.05) is 0 Å². The number of nitrogens with one attached hydrogen (secondary N) is 1. The lowest BCUT2D eigenvalue weighted by atomic mass is 10.0. The lowest BCUT2D eigenvalue weighted by molar-refractivity contribution is 0.290. The highest BCUT2D eigenvalue weighted by molar-refractivity contribution is 7.71. The van der Waals surface area contributed by atoms with Crippen LogP contribution >= 0.6 is 12.2 Å². The molecule has 5 heteroatoms. The predicted octanol–water partition coefficient (Wildman–Crippen LogP) is 5.23. The van der Waals surface area contributed by atoms with Crippen molar-refractivity contribution in [3.8, 4) is 16.9 Å². The van der Waals surface area contributed by atoms with Crippen LogP contribution in [0.5, 0.6) is 5.75 Å². The standard InChI is InChI=1S/C22H19N3OS/c27-22-24-23-21(16-26-20-9-5-2-6-10-20)25(22)15-17-11-13-19(14-12-17)18-7-3-1-4-8-18/h1-14H,15-16H2,(H,24,27). The van der Waals surface area contributed by atoms with Gasteiger partial charge in [0.2, 0.25) is 0 Å². The summed E-state index contributed by atoms with van der Waals surface area (Å²) in [6.45, 7) is 1.01. The number of aromatic amines is 1. The first-order chi connectivity index (χ1) is 13.3. The molecule has 0 aliphatic carbocycles. The molecule has 1 N–H and O–H groups in total. The van der Waals surface area contributed by atoms with E-state index in [2.05, 4.69) is 46.6 Å². The van der Waals surface area contributed by atoms with Gasteiger partial charge in [-0.1, -0.05) is 72.8 Å². The summed E-state index contributed by atoms with van der Waals surface area (Å²) >= 11 is 5.39. The summed E-state index contributed by atoms with van der Waals surface area (Å²) in [5.74, 6) is 1.58. The van der Waals surface area contributed by atoms with E-state index >= 15 is 0 Å². The van der Waals surface area contributed by atoms with E-state index in [0.29, 0.717) is 17.9 Å². The highest BCUT2D eigenvalue weighted by Gasteiger charge is 2.08. The number of aromatic nitrogens is 3. The van der Waals surface area contributed by atoms with Gasteiger partial charge in [-0.3, -0.25) is 9.67 Å². The molecule has 0 aliphatic heterocycles. The summed E-state index contributed by atoms with van der Waals surface area (Å²) in [4.78, 5) is 0. The average molecular weight is 373 g/mol. The molecule has 1 aromatic heterocycles. The largest absolute Gasteiger partial charge is 0.486 e. The third-order valence-corrected chi connectivity index (χ3v) is 4.66. The van der Waals surface area contributed by atoms with Crippen LogP contribution in [0.1, 0.15) is 11.4 Å². The quantitative estimate of drug-likeness (QED) is 0.470. The minimum absolute atomic E-state index is 0.360. The van der Waals surface area contributed by atoms with Crippen molar-refractivity contribution in [2.24, 2.45) is 0 Å². The minimum atomic E-state index is 0.360. The van der Waals surface area contributed by atoms with Gasteiger partial charge in [-0.15, -0.1) is 0 Å². The van der Waals surface area contributed by atoms with Gasteiger partial charge in [-0.05, 0) is 41.0 Å². The van der Waals surface area contributed by atoms with Crippen molar-refractivity contribution in [2.75, 3.05) is 0 Å². The fourth-order valence-corrected chi connectivity index (χ4v) is 3.12. The summed E-state index contributed by atoms with van der Waals surface area (Å²) in [6, 6.07) is 28.6. The Hall–Kier alpha value is -3.18. The van der Waals surface area contributed by atoms with Crippen molar-refractivity contribution in [3.63, 3.8) is 0 Å². The maximum atomic E-state index is 5.81. The van der Waals surface area contributed by atoms with Gasteiger partial charge in [0.05, 0.1) is 6.54 Å². The van der Waals surface area contributed by atoms with Crippen LogP contribution in [0.2, 0.25) is 0 Å². The smallest absolute Gasteiger partial charge is 0.195 e. The van der Waals surface area contributed by atoms with Crippen LogP contribution in [0.25, 0.3) is 11.1 Å². The van der Waals surface area contributed by atoms with Crippen molar-refractivity contribution >= 4 is 12.2 Å². The van der Waals surface area contributed by atoms with Crippen LogP contribution < -0.4 is 4.74 Å². The molecule has 0 atom stereocenters. The van der Waals surface area contributed by atoms with Crippen LogP contribution in [0, 0.1) is 4.77 Å². The minimum Gasteiger partial charge on any atom is -0.486 e. The molecule has 27 heavy (non-hydrogen) atoms. The normalized spacial score (nSPS) is 10.7. The molecule has 0 saturated heterocycles. The molecule has 0 bridgehead atoms. The fraction of sp³-hybridized carbons (Fsp3) is 0.0909. The second-order valence-corrected chi connectivity index (χ2v) is 6.58. The number of hydrogen-bond acceptors (Lipinski definition) is 3. The second kappa shape index (κ2) is 8.01. The first kappa shape index (κ1) is 17.2. The zero-order valence-electron chi connectivity index (χ0n) is 14.7. The Balaban J connectivity index is 1.49. The van der Waals surface area contributed by atoms with Gasteiger partial charge in [-0.25, -0.2) is 0 Å². The Bertz CT molecular complexity index is 1050. The Labute approximate surface area is 163 Å². The number of H-pyrrole nitrogens is 1. The highest BCUT2D eigenvalue weighted by Crippen LogP contribution is 2.20. The van der Waals surface area contributed by atoms with E-state index in [1.807, 2.05) is 53.1 Å². The predicted molar refractivity (Wildman–Crippen MR) is 109 cm³/mol. The van der Waals surface area contributed by atoms with E-state index in [0.717, 1.165) is 17.1 Å². The van der Waals surface area contributed by atoms with Crippen molar-refractivity contribution in [2.45, 2.75) is 13.2 Å². The van der Waals surface area contributed by atoms with E-state index < -0.39 is 0 Å². The Morgan fingerprint density at radius 2 is 1.44 bits per heavy atom. The number of hydrogen-bond donors (Lipinski definition) is 1. The maximum absolute atomic E-state index is 5.81. The third kappa shape index (κ3) is 4.15. The van der Waals surface area contributed by atoms with Gasteiger partial charge in [0.1, 0.15) is 12.4 Å². The molecule has 0 radical (unpaired) electrons. The van der Waals surface area contributed by atoms with Crippen molar-refractivity contribution in [3.05, 3.63) is 101 Å². The topological polar surface area (TPSA) is 42.8 Å². The molecule has 1 heterocycles. The van der Waals surface area contributed by atoms with Crippen LogP contribution in [0.4, 0.5) is 0 Å². The Kier molecular flexibility index (Phi) is 5.12. The van der Waals surface area contributed by atoms with Gasteiger partial charge in [0.25, 0.3) is 0 Å². The van der Waals surface area contributed by atoms with Gasteiger partial charge in [0.15, 0.2) is 10.6 Å². The van der Waals surface area contributed by atoms with Crippen molar-refractivity contribution in [1.29, 1.82) is 0 Å². The second-order valence-electron chi connectivity index (χ2n) is 6.20. The zero-order valence-corrected chi connectivity index (χ0v) is 15.5. The fourth-order valence-electron chi connectivity index (χ4n) is 2.90. The molecule has 0 saturated carbocycles. The molecule has 0 amide bonds. The first-order valence-electron chi connectivity index (χ1n) is 8.76. The average Bonchev–Trinajstić information content (AvgIpc) is 3.08. The van der Waals surface area contributed by atoms with E-state index in [1.54, 1.807) is 0 Å². The van der Waals surface area contributed by atoms with E-state index in [-0.39, 0.29) is 0 Å². The lowest BCUT2D eigenvalue weighted by Crippen LogP contribution is -2.08. The van der Waals surface area contributed by atoms with Gasteiger partial charge in [-0.2, -0.15) is 5.10 Å². The Morgan fingerprint density at radius 3 is 2.15 bits per heavy atom. The molecular weight excluding hydrogens is 354 g/mol. The number of para-hydroxylation sites is 1. The summed E-state index contributed by atoms with van der Waals surface area (Å²) in [5.41, 5.74) is 3.57. The van der Waals surface area contributed by atoms with E-state index in [4.69, 9.17) is 17.0 Å². The summed E-state index contributed by atoms with van der Waals surface area (Å²) in [6.07, 6.45) is 0. The van der Waals surface area contributed by atoms with Crippen molar-refractivity contribution in [1.82, 2.24) is 14.8 Å². The number of benzene rings is 3. The van der Waals surface area contributed by atoms with E-state index in [9.17, 15) is 0 Å². The maximum Gasteiger partial charge on any atom is 0.195 e. The van der Waals surface area contributed by atoms with Crippen molar-refractivity contribution < 1.29 is 4.74 Å². The number of nitrogens with zero attached hydrogens (tertiary/aromatic N) is 2. The lowest BCUT2D eigenvalue weighted by Gasteiger charge is -2.09. The summed E-state index contributed by atoms with van der Waals surface area (Å²) in [7, 11) is 0. The number of rotatable bonds is 6. The highest BCUT2D eigenvalue weighted by atomic mass is 32.1. The molecule has 4 aromatic rings. The molecule has 0 spiro atoms. The molecule has 4 rings (SSSR count). The monoisotopic (exact) mass is 373 g/mol. The van der Waals surface area contributed by atoms with E-state index in [1.165, 1.54) is 11.1 Å². The summed E-state index contributed by atoms with van der Waals surface area (Å²) in [5, 5.41) is 7.18. The molecule has 134 valence electrons. The van der Waals surface area contributed by atoms with Gasteiger partial charge >= 0.3 is 0 Å². The van der Waals surface area contributed by atoms with Crippen LogP contribution in [-0.4, -0.2) is 14.8 Å². The molecule has 3 aromatic carbocycles. The van der Waals surface area contributed by atoms with Crippen LogP contribution in [0.15, 0.2) is 84.9 Å². The molecule has 0 fully saturated rings.